The van der Waals surface area contributed by atoms with Gasteiger partial charge in [-0.15, -0.1) is 0 Å². The fraction of sp³-hybridized carbons (Fsp3) is 0.393. The number of aromatic nitrogens is 2. The maximum Gasteiger partial charge on any atom is 1.00 e. The summed E-state index contributed by atoms with van der Waals surface area (Å²) >= 11 is 25.4. The van der Waals surface area contributed by atoms with Crippen molar-refractivity contribution in [2.75, 3.05) is 34.4 Å². The number of hydrogen-bond acceptors (Lipinski definition) is 8. The molecule has 0 N–H and O–H groups in total. The van der Waals surface area contributed by atoms with Crippen LogP contribution in [0.3, 0.4) is 0 Å². The zero-order chi connectivity index (χ0) is 32.4. The first-order valence-corrected chi connectivity index (χ1v) is 18.5. The number of fused-ring (bicyclic) bond motifs is 2. The Balaban J connectivity index is 0.00000552. The monoisotopic (exact) mass is 746 g/mol. The third-order valence-corrected chi connectivity index (χ3v) is 9.92. The molecule has 240 valence electrons. The van der Waals surface area contributed by atoms with Gasteiger partial charge in [0.1, 0.15) is 12.4 Å². The number of aryl methyl sites for hydroxylation is 2. The van der Waals surface area contributed by atoms with Crippen LogP contribution in [0, 0.1) is 0 Å². The molecule has 1 aliphatic rings. The van der Waals surface area contributed by atoms with Gasteiger partial charge in [-0.05, 0) is 31.1 Å². The van der Waals surface area contributed by atoms with Crippen LogP contribution >= 0.6 is 46.4 Å². The molecule has 0 saturated heterocycles. The number of allylic oxidation sites excluding steroid dienone is 2. The minimum Gasteiger partial charge on any atom is -0.748 e. The molecule has 0 fully saturated rings. The van der Waals surface area contributed by atoms with Gasteiger partial charge >= 0.3 is 29.6 Å². The van der Waals surface area contributed by atoms with Crippen LogP contribution in [0.1, 0.15) is 38.9 Å². The van der Waals surface area contributed by atoms with Crippen LogP contribution in [0.25, 0.3) is 17.1 Å². The Bertz CT molecular complexity index is 1850. The van der Waals surface area contributed by atoms with Crippen molar-refractivity contribution in [2.24, 2.45) is 0 Å². The fourth-order valence-electron chi connectivity index (χ4n) is 5.17. The standard InChI is InChI=1S/C28H32Cl4N4O6S2.Na/c1-3-5-10-34-24-16-20(30)22(32)18-26(24)36(12-14-44(40,41)42)28(34)8-6-7-27-33(9-4-2)23-15-19(29)21(31)17-25(23)35(27)11-13-43(37,38)39;/h6-8,15-18H,3-5,9-14H2,1-2H3,(H-,37,38,39,40,41,42);/q;+1/p-1. The van der Waals surface area contributed by atoms with Gasteiger partial charge < -0.3 is 18.9 Å². The van der Waals surface area contributed by atoms with E-state index in [-0.39, 0.29) is 52.7 Å². The summed E-state index contributed by atoms with van der Waals surface area (Å²) in [7, 11) is -9.06. The number of hydrogen-bond donors (Lipinski definition) is 0. The largest absolute Gasteiger partial charge is 1.00 e. The third-order valence-electron chi connectivity index (χ3n) is 7.11. The van der Waals surface area contributed by atoms with Crippen molar-refractivity contribution in [3.63, 3.8) is 0 Å². The van der Waals surface area contributed by atoms with Crippen LogP contribution in [0.5, 0.6) is 0 Å². The first kappa shape index (κ1) is 38.4. The molecule has 4 rings (SSSR count). The van der Waals surface area contributed by atoms with E-state index < -0.39 is 31.7 Å². The van der Waals surface area contributed by atoms with E-state index in [1.54, 1.807) is 52.0 Å². The van der Waals surface area contributed by atoms with Crippen LogP contribution in [-0.4, -0.2) is 55.1 Å². The average Bonchev–Trinajstić information content (AvgIpc) is 3.35. The number of benzene rings is 2. The van der Waals surface area contributed by atoms with Crippen molar-refractivity contribution in [2.45, 2.75) is 46.2 Å². The molecule has 0 radical (unpaired) electrons. The van der Waals surface area contributed by atoms with Crippen LogP contribution in [0.4, 0.5) is 11.4 Å². The Morgan fingerprint density at radius 1 is 0.778 bits per heavy atom. The predicted molar refractivity (Wildman–Crippen MR) is 175 cm³/mol. The summed E-state index contributed by atoms with van der Waals surface area (Å²) in [5.41, 5.74) is 2.64. The van der Waals surface area contributed by atoms with Gasteiger partial charge in [0.05, 0.1) is 69.8 Å². The van der Waals surface area contributed by atoms with Crippen LogP contribution in [0.15, 0.2) is 42.2 Å². The Morgan fingerprint density at radius 2 is 1.31 bits per heavy atom. The second-order valence-electron chi connectivity index (χ2n) is 10.2. The molecule has 1 aliphatic heterocycles. The molecular formula is C28H31Cl4N4NaO6S2. The van der Waals surface area contributed by atoms with E-state index in [0.717, 1.165) is 24.9 Å². The van der Waals surface area contributed by atoms with Gasteiger partial charge in [-0.1, -0.05) is 72.7 Å². The Morgan fingerprint density at radius 3 is 1.87 bits per heavy atom. The van der Waals surface area contributed by atoms with Gasteiger partial charge in [0, 0.05) is 31.3 Å². The quantitative estimate of drug-likeness (QED) is 0.148. The average molecular weight is 749 g/mol. The Hall–Kier alpha value is -1.03. The minimum absolute atomic E-state index is 0. The third kappa shape index (κ3) is 9.32. The molecule has 0 spiro atoms. The van der Waals surface area contributed by atoms with Gasteiger partial charge in [-0.2, -0.15) is 0 Å². The minimum atomic E-state index is -4.53. The molecule has 45 heavy (non-hydrogen) atoms. The zero-order valence-corrected chi connectivity index (χ0v) is 31.6. The number of unbranched alkanes of at least 4 members (excludes halogenated alkanes) is 1. The van der Waals surface area contributed by atoms with Crippen LogP contribution < -0.4 is 43.9 Å². The number of anilines is 2. The van der Waals surface area contributed by atoms with Crippen LogP contribution in [-0.2, 0) is 33.3 Å². The maximum atomic E-state index is 11.6. The summed E-state index contributed by atoms with van der Waals surface area (Å²) < 4.78 is 73.3. The van der Waals surface area contributed by atoms with E-state index in [1.165, 1.54) is 0 Å². The van der Waals surface area contributed by atoms with Crippen LogP contribution in [0.2, 0.25) is 20.1 Å². The first-order valence-electron chi connectivity index (χ1n) is 13.9. The number of rotatable bonds is 13. The molecule has 0 saturated carbocycles. The van der Waals surface area contributed by atoms with Crippen molar-refractivity contribution < 1.29 is 60.1 Å². The summed E-state index contributed by atoms with van der Waals surface area (Å²) in [6.45, 7) is 4.93. The molecule has 0 atom stereocenters. The van der Waals surface area contributed by atoms with Gasteiger partial charge in [-0.3, -0.25) is 0 Å². The molecule has 2 heterocycles. The van der Waals surface area contributed by atoms with Gasteiger partial charge in [0.25, 0.3) is 5.82 Å². The van der Waals surface area contributed by atoms with E-state index in [2.05, 4.69) is 0 Å². The molecule has 2 aromatic carbocycles. The van der Waals surface area contributed by atoms with E-state index >= 15 is 0 Å². The molecule has 0 amide bonds. The van der Waals surface area contributed by atoms with Gasteiger partial charge in [0.15, 0.2) is 11.0 Å². The normalized spacial score (nSPS) is 14.6. The first-order chi connectivity index (χ1) is 20.6. The molecule has 0 aliphatic carbocycles. The van der Waals surface area contributed by atoms with E-state index in [1.807, 2.05) is 23.3 Å². The van der Waals surface area contributed by atoms with Crippen molar-refractivity contribution in [3.8, 4) is 0 Å². The summed E-state index contributed by atoms with van der Waals surface area (Å²) in [5.74, 6) is -0.0733. The molecule has 0 unspecified atom stereocenters. The van der Waals surface area contributed by atoms with Crippen molar-refractivity contribution in [1.29, 1.82) is 0 Å². The Kier molecular flexibility index (Phi) is 13.6. The van der Waals surface area contributed by atoms with Crippen molar-refractivity contribution in [1.82, 2.24) is 4.57 Å². The zero-order valence-electron chi connectivity index (χ0n) is 25.0. The second kappa shape index (κ2) is 15.9. The fourth-order valence-corrected chi connectivity index (χ4v) is 6.61. The summed E-state index contributed by atoms with van der Waals surface area (Å²) in [4.78, 5) is 3.70. The molecule has 0 bridgehead atoms. The number of nitrogens with zero attached hydrogens (tertiary/aromatic N) is 4. The van der Waals surface area contributed by atoms with E-state index in [0.29, 0.717) is 51.5 Å². The molecule has 1 aromatic heterocycles. The number of imidazole rings is 1. The molecule has 10 nitrogen and oxygen atoms in total. The van der Waals surface area contributed by atoms with E-state index in [9.17, 15) is 25.9 Å². The SMILES string of the molecule is CCCCN1C(=CC=Cc2n(CCS(=O)(=O)[O-])c3cc(Cl)c(Cl)cc3[n+]2CCC)N(CCS(=O)(=O)[O-])c2cc(Cl)c(Cl)cc21.[Na+]. The van der Waals surface area contributed by atoms with E-state index in [4.69, 9.17) is 46.4 Å². The number of halogens is 4. The van der Waals surface area contributed by atoms with Crippen molar-refractivity contribution >= 4 is 95.1 Å². The van der Waals surface area contributed by atoms with Gasteiger partial charge in [-0.25, -0.2) is 26.0 Å². The van der Waals surface area contributed by atoms with Gasteiger partial charge in [0.2, 0.25) is 0 Å². The Labute approximate surface area is 306 Å². The maximum absolute atomic E-state index is 11.6. The smallest absolute Gasteiger partial charge is 0.748 e. The summed E-state index contributed by atoms with van der Waals surface area (Å²) in [6, 6.07) is 6.69. The summed E-state index contributed by atoms with van der Waals surface area (Å²) in [6.07, 6.45) is 7.72. The molecule has 17 heteroatoms. The topological polar surface area (TPSA) is 130 Å². The molecular weight excluding hydrogens is 717 g/mol. The van der Waals surface area contributed by atoms with Crippen molar-refractivity contribution in [3.05, 3.63) is 68.2 Å². The molecule has 3 aromatic rings. The predicted octanol–water partition coefficient (Wildman–Crippen LogP) is 3.03. The summed E-state index contributed by atoms with van der Waals surface area (Å²) in [5, 5.41) is 1.21. The second-order valence-corrected chi connectivity index (χ2v) is 14.9.